The van der Waals surface area contributed by atoms with E-state index in [9.17, 15) is 9.18 Å². The molecule has 2 heterocycles. The molecular formula is C21H19FN4O. The molecule has 6 heteroatoms. The maximum Gasteiger partial charge on any atom is 0.323 e. The Kier molecular flexibility index (Phi) is 4.70. The molecular weight excluding hydrogens is 343 g/mol. The number of nitrogens with zero attached hydrogens (tertiary/aromatic N) is 2. The molecule has 0 radical (unpaired) electrons. The van der Waals surface area contributed by atoms with Gasteiger partial charge in [-0.1, -0.05) is 36.4 Å². The standard InChI is InChI=1S/C21H19FN4O/c22-19-10-5-11-20(25-19)26-13-12-17-15(14-26)6-4-9-18(17)24-21(27)23-16-7-2-1-3-8-16/h1-11H,12-14H2,(H2,23,24,27). The maximum absolute atomic E-state index is 13.4. The van der Waals surface area contributed by atoms with E-state index in [1.807, 2.05) is 59.5 Å². The van der Waals surface area contributed by atoms with Gasteiger partial charge in [0.1, 0.15) is 5.82 Å². The molecule has 1 aliphatic heterocycles. The Morgan fingerprint density at radius 2 is 1.78 bits per heavy atom. The van der Waals surface area contributed by atoms with Gasteiger partial charge in [-0.25, -0.2) is 9.78 Å². The van der Waals surface area contributed by atoms with E-state index in [1.54, 1.807) is 6.07 Å². The van der Waals surface area contributed by atoms with Crippen molar-refractivity contribution in [3.63, 3.8) is 0 Å². The largest absolute Gasteiger partial charge is 0.352 e. The SMILES string of the molecule is O=C(Nc1ccccc1)Nc1cccc2c1CCN(c1cccc(F)n1)C2. The lowest BCUT2D eigenvalue weighted by Gasteiger charge is -2.31. The van der Waals surface area contributed by atoms with Crippen LogP contribution in [-0.2, 0) is 13.0 Å². The second kappa shape index (κ2) is 7.45. The number of carbonyl (C=O) groups is 1. The normalized spacial score (nSPS) is 13.0. The number of aromatic nitrogens is 1. The van der Waals surface area contributed by atoms with Gasteiger partial charge in [-0.3, -0.25) is 0 Å². The third-order valence-corrected chi connectivity index (χ3v) is 4.57. The number of halogens is 1. The highest BCUT2D eigenvalue weighted by molar-refractivity contribution is 6.00. The number of urea groups is 1. The lowest BCUT2D eigenvalue weighted by Crippen LogP contribution is -2.32. The first-order chi connectivity index (χ1) is 13.2. The first-order valence-electron chi connectivity index (χ1n) is 8.80. The quantitative estimate of drug-likeness (QED) is 0.678. The number of hydrogen-bond donors (Lipinski definition) is 2. The molecule has 3 aromatic rings. The van der Waals surface area contributed by atoms with E-state index < -0.39 is 5.95 Å². The van der Waals surface area contributed by atoms with Crippen LogP contribution in [0.5, 0.6) is 0 Å². The molecule has 0 spiro atoms. The molecule has 2 amide bonds. The summed E-state index contributed by atoms with van der Waals surface area (Å²) in [4.78, 5) is 18.3. The molecule has 2 aromatic carbocycles. The van der Waals surface area contributed by atoms with E-state index in [1.165, 1.54) is 6.07 Å². The Morgan fingerprint density at radius 1 is 0.963 bits per heavy atom. The monoisotopic (exact) mass is 362 g/mol. The van der Waals surface area contributed by atoms with Crippen molar-refractivity contribution in [2.24, 2.45) is 0 Å². The Morgan fingerprint density at radius 3 is 2.59 bits per heavy atom. The van der Waals surface area contributed by atoms with E-state index in [0.717, 1.165) is 28.9 Å². The lowest BCUT2D eigenvalue weighted by atomic mass is 9.97. The molecule has 1 aliphatic rings. The number of carbonyl (C=O) groups excluding carboxylic acids is 1. The predicted octanol–water partition coefficient (Wildman–Crippen LogP) is 4.43. The van der Waals surface area contributed by atoms with Crippen LogP contribution in [0.1, 0.15) is 11.1 Å². The van der Waals surface area contributed by atoms with Gasteiger partial charge in [0.25, 0.3) is 0 Å². The van der Waals surface area contributed by atoms with Crippen LogP contribution in [0.15, 0.2) is 66.7 Å². The van der Waals surface area contributed by atoms with Gasteiger partial charge in [-0.15, -0.1) is 0 Å². The molecule has 4 rings (SSSR count). The zero-order chi connectivity index (χ0) is 18.6. The fourth-order valence-electron chi connectivity index (χ4n) is 3.30. The molecule has 136 valence electrons. The minimum absolute atomic E-state index is 0.274. The van der Waals surface area contributed by atoms with Gasteiger partial charge in [0.05, 0.1) is 0 Å². The van der Waals surface area contributed by atoms with Crippen molar-refractivity contribution in [3.05, 3.63) is 83.8 Å². The fraction of sp³-hybridized carbons (Fsp3) is 0.143. The van der Waals surface area contributed by atoms with Crippen LogP contribution < -0.4 is 15.5 Å². The van der Waals surface area contributed by atoms with Crippen LogP contribution in [0.3, 0.4) is 0 Å². The van der Waals surface area contributed by atoms with Crippen molar-refractivity contribution in [2.75, 3.05) is 22.1 Å². The van der Waals surface area contributed by atoms with Gasteiger partial charge in [-0.2, -0.15) is 4.39 Å². The van der Waals surface area contributed by atoms with E-state index in [0.29, 0.717) is 18.9 Å². The first kappa shape index (κ1) is 17.0. The molecule has 0 bridgehead atoms. The Balaban J connectivity index is 1.49. The van der Waals surface area contributed by atoms with Crippen LogP contribution in [0.25, 0.3) is 0 Å². The van der Waals surface area contributed by atoms with Gasteiger partial charge in [-0.05, 0) is 47.9 Å². The summed E-state index contributed by atoms with van der Waals surface area (Å²) in [5, 5.41) is 5.76. The molecule has 0 unspecified atom stereocenters. The van der Waals surface area contributed by atoms with Crippen LogP contribution >= 0.6 is 0 Å². The molecule has 5 nitrogen and oxygen atoms in total. The van der Waals surface area contributed by atoms with E-state index >= 15 is 0 Å². The number of nitrogens with one attached hydrogen (secondary N) is 2. The molecule has 2 N–H and O–H groups in total. The highest BCUT2D eigenvalue weighted by Gasteiger charge is 2.20. The maximum atomic E-state index is 13.4. The van der Waals surface area contributed by atoms with E-state index in [-0.39, 0.29) is 6.03 Å². The summed E-state index contributed by atoms with van der Waals surface area (Å²) in [6, 6.07) is 19.7. The Hall–Kier alpha value is -3.41. The smallest absolute Gasteiger partial charge is 0.323 e. The number of amides is 2. The Bertz CT molecular complexity index is 961. The summed E-state index contributed by atoms with van der Waals surface area (Å²) in [5.74, 6) is 0.145. The second-order valence-corrected chi connectivity index (χ2v) is 6.38. The van der Waals surface area contributed by atoms with E-state index in [2.05, 4.69) is 15.6 Å². The van der Waals surface area contributed by atoms with Crippen molar-refractivity contribution >= 4 is 23.2 Å². The summed E-state index contributed by atoms with van der Waals surface area (Å²) in [7, 11) is 0. The average Bonchev–Trinajstić information content (AvgIpc) is 2.68. The summed E-state index contributed by atoms with van der Waals surface area (Å²) >= 11 is 0. The summed E-state index contributed by atoms with van der Waals surface area (Å²) in [6.45, 7) is 1.34. The minimum atomic E-state index is -0.480. The van der Waals surface area contributed by atoms with Gasteiger partial charge < -0.3 is 15.5 Å². The number of pyridine rings is 1. The minimum Gasteiger partial charge on any atom is -0.352 e. The number of hydrogen-bond acceptors (Lipinski definition) is 3. The predicted molar refractivity (Wildman–Crippen MR) is 104 cm³/mol. The number of rotatable bonds is 3. The Labute approximate surface area is 156 Å². The lowest BCUT2D eigenvalue weighted by molar-refractivity contribution is 0.262. The zero-order valence-corrected chi connectivity index (χ0v) is 14.7. The summed E-state index contributed by atoms with van der Waals surface area (Å²) < 4.78 is 13.4. The number of anilines is 3. The fourth-order valence-corrected chi connectivity index (χ4v) is 3.30. The summed E-state index contributed by atoms with van der Waals surface area (Å²) in [5.41, 5.74) is 3.74. The second-order valence-electron chi connectivity index (χ2n) is 6.38. The molecule has 0 saturated heterocycles. The van der Waals surface area contributed by atoms with Crippen LogP contribution in [0.2, 0.25) is 0 Å². The van der Waals surface area contributed by atoms with Crippen LogP contribution in [0, 0.1) is 5.95 Å². The molecule has 0 fully saturated rings. The number of fused-ring (bicyclic) bond motifs is 1. The topological polar surface area (TPSA) is 57.3 Å². The molecule has 27 heavy (non-hydrogen) atoms. The third-order valence-electron chi connectivity index (χ3n) is 4.57. The van der Waals surface area contributed by atoms with Crippen LogP contribution in [0.4, 0.5) is 26.4 Å². The molecule has 0 atom stereocenters. The number of benzene rings is 2. The van der Waals surface area contributed by atoms with Crippen LogP contribution in [-0.4, -0.2) is 17.6 Å². The third kappa shape index (κ3) is 3.89. The average molecular weight is 362 g/mol. The first-order valence-corrected chi connectivity index (χ1v) is 8.80. The van der Waals surface area contributed by atoms with Crippen molar-refractivity contribution in [2.45, 2.75) is 13.0 Å². The molecule has 0 aliphatic carbocycles. The zero-order valence-electron chi connectivity index (χ0n) is 14.7. The summed E-state index contributed by atoms with van der Waals surface area (Å²) in [6.07, 6.45) is 0.745. The number of para-hydroxylation sites is 1. The van der Waals surface area contributed by atoms with Gasteiger partial charge in [0.15, 0.2) is 0 Å². The highest BCUT2D eigenvalue weighted by atomic mass is 19.1. The highest BCUT2D eigenvalue weighted by Crippen LogP contribution is 2.28. The van der Waals surface area contributed by atoms with Crippen molar-refractivity contribution in [1.29, 1.82) is 0 Å². The van der Waals surface area contributed by atoms with Crippen molar-refractivity contribution < 1.29 is 9.18 Å². The molecule has 1 aromatic heterocycles. The van der Waals surface area contributed by atoms with Gasteiger partial charge in [0, 0.05) is 24.5 Å². The van der Waals surface area contributed by atoms with Gasteiger partial charge >= 0.3 is 6.03 Å². The van der Waals surface area contributed by atoms with E-state index in [4.69, 9.17) is 0 Å². The van der Waals surface area contributed by atoms with Crippen molar-refractivity contribution in [3.8, 4) is 0 Å². The molecule has 0 saturated carbocycles. The van der Waals surface area contributed by atoms with Crippen molar-refractivity contribution in [1.82, 2.24) is 4.98 Å². The van der Waals surface area contributed by atoms with Gasteiger partial charge in [0.2, 0.25) is 5.95 Å².